The summed E-state index contributed by atoms with van der Waals surface area (Å²) in [6.07, 6.45) is -0.115. The second kappa shape index (κ2) is 3.77. The number of nitrogens with two attached hydrogens (primary N) is 1. The molecule has 5 heteroatoms. The van der Waals surface area contributed by atoms with E-state index < -0.39 is 11.8 Å². The average molecular weight is 218 g/mol. The van der Waals surface area contributed by atoms with Crippen molar-refractivity contribution in [2.24, 2.45) is 10.7 Å². The van der Waals surface area contributed by atoms with Crippen LogP contribution in [0, 0.1) is 0 Å². The Morgan fingerprint density at radius 2 is 2.25 bits per heavy atom. The number of carbonyl (C=O) groups is 2. The van der Waals surface area contributed by atoms with Gasteiger partial charge in [-0.15, -0.1) is 0 Å². The van der Waals surface area contributed by atoms with Gasteiger partial charge >= 0.3 is 0 Å². The number of methoxy groups -OCH3 is 1. The van der Waals surface area contributed by atoms with E-state index in [1.165, 1.54) is 7.11 Å². The third-order valence-electron chi connectivity index (χ3n) is 2.36. The number of hydrogen-bond donors (Lipinski definition) is 1. The number of benzene rings is 1. The lowest BCUT2D eigenvalue weighted by Gasteiger charge is -2.00. The molecule has 16 heavy (non-hydrogen) atoms. The van der Waals surface area contributed by atoms with Crippen molar-refractivity contribution >= 4 is 17.4 Å². The molecule has 0 spiro atoms. The molecule has 0 bridgehead atoms. The molecular formula is C11H10N2O3. The van der Waals surface area contributed by atoms with Crippen molar-refractivity contribution in [2.75, 3.05) is 7.11 Å². The molecule has 2 amide bonds. The van der Waals surface area contributed by atoms with Crippen LogP contribution in [0.5, 0.6) is 5.75 Å². The second-order valence-electron chi connectivity index (χ2n) is 3.39. The summed E-state index contributed by atoms with van der Waals surface area (Å²) in [6, 6.07) is 5.15. The third kappa shape index (κ3) is 1.56. The lowest BCUT2D eigenvalue weighted by Crippen LogP contribution is -2.26. The molecule has 2 rings (SSSR count). The Labute approximate surface area is 91.2 Å². The first-order chi connectivity index (χ1) is 7.63. The Morgan fingerprint density at radius 3 is 2.88 bits per heavy atom. The van der Waals surface area contributed by atoms with Crippen LogP contribution in [0.3, 0.4) is 0 Å². The van der Waals surface area contributed by atoms with E-state index in [1.807, 2.05) is 0 Å². The Morgan fingerprint density at radius 1 is 1.50 bits per heavy atom. The highest BCUT2D eigenvalue weighted by Gasteiger charge is 2.20. The average Bonchev–Trinajstić information content (AvgIpc) is 2.54. The molecule has 0 aromatic heterocycles. The van der Waals surface area contributed by atoms with Crippen molar-refractivity contribution in [1.82, 2.24) is 0 Å². The summed E-state index contributed by atoms with van der Waals surface area (Å²) in [5.74, 6) is -0.445. The standard InChI is InChI=1S/C11H10N2O3/c1-16-8-4-2-3-7-10(8)6(5-9(12)14)11(15)13-7/h2-4H,5H2,1H3,(H2,12,14). The van der Waals surface area contributed by atoms with Gasteiger partial charge in [-0.25, -0.2) is 4.99 Å². The summed E-state index contributed by atoms with van der Waals surface area (Å²) in [7, 11) is 1.50. The molecule has 1 aliphatic rings. The van der Waals surface area contributed by atoms with Crippen LogP contribution in [0.15, 0.2) is 23.2 Å². The van der Waals surface area contributed by atoms with Gasteiger partial charge in [0.05, 0.1) is 24.1 Å². The number of nitrogens with zero attached hydrogens (tertiary/aromatic N) is 1. The van der Waals surface area contributed by atoms with Gasteiger partial charge in [0.2, 0.25) is 5.91 Å². The Balaban J connectivity index is 2.75. The number of rotatable bonds is 3. The molecule has 1 heterocycles. The van der Waals surface area contributed by atoms with Gasteiger partial charge in [0.25, 0.3) is 5.91 Å². The number of ether oxygens (including phenoxy) is 1. The fourth-order valence-electron chi connectivity index (χ4n) is 1.71. The zero-order chi connectivity index (χ0) is 11.7. The fraction of sp³-hybridized carbons (Fsp3) is 0.182. The molecule has 0 atom stereocenters. The van der Waals surface area contributed by atoms with E-state index >= 15 is 0 Å². The van der Waals surface area contributed by atoms with Gasteiger partial charge in [0, 0.05) is 5.57 Å². The molecule has 1 aromatic rings. The number of primary amides is 1. The van der Waals surface area contributed by atoms with Crippen LogP contribution >= 0.6 is 0 Å². The molecule has 2 N–H and O–H groups in total. The van der Waals surface area contributed by atoms with Gasteiger partial charge < -0.3 is 10.5 Å². The van der Waals surface area contributed by atoms with E-state index in [-0.39, 0.29) is 6.42 Å². The molecule has 0 saturated carbocycles. The summed E-state index contributed by atoms with van der Waals surface area (Å²) < 4.78 is 5.13. The highest BCUT2D eigenvalue weighted by Crippen LogP contribution is 2.10. The molecule has 0 unspecified atom stereocenters. The van der Waals surface area contributed by atoms with Crippen LogP contribution in [0.2, 0.25) is 0 Å². The van der Waals surface area contributed by atoms with Gasteiger partial charge in [-0.05, 0) is 12.1 Å². The van der Waals surface area contributed by atoms with E-state index in [9.17, 15) is 9.59 Å². The normalized spacial score (nSPS) is 13.3. The quantitative estimate of drug-likeness (QED) is 0.697. The van der Waals surface area contributed by atoms with Crippen molar-refractivity contribution in [1.29, 1.82) is 0 Å². The van der Waals surface area contributed by atoms with E-state index in [0.29, 0.717) is 21.9 Å². The van der Waals surface area contributed by atoms with Gasteiger partial charge in [-0.3, -0.25) is 9.59 Å². The van der Waals surface area contributed by atoms with Crippen LogP contribution in [-0.4, -0.2) is 18.9 Å². The van der Waals surface area contributed by atoms with Crippen molar-refractivity contribution in [2.45, 2.75) is 6.42 Å². The first-order valence-corrected chi connectivity index (χ1v) is 4.71. The Kier molecular flexibility index (Phi) is 2.44. The molecule has 5 nitrogen and oxygen atoms in total. The van der Waals surface area contributed by atoms with E-state index in [0.717, 1.165) is 0 Å². The number of carbonyl (C=O) groups excluding carboxylic acids is 2. The molecule has 0 aliphatic carbocycles. The summed E-state index contributed by atoms with van der Waals surface area (Å²) in [5, 5.41) is 1.11. The van der Waals surface area contributed by atoms with Gasteiger partial charge in [-0.1, -0.05) is 6.07 Å². The van der Waals surface area contributed by atoms with Crippen LogP contribution < -0.4 is 21.0 Å². The molecule has 82 valence electrons. The lowest BCUT2D eigenvalue weighted by molar-refractivity contribution is -0.118. The van der Waals surface area contributed by atoms with Crippen LogP contribution in [-0.2, 0) is 9.59 Å². The zero-order valence-corrected chi connectivity index (χ0v) is 8.69. The number of amides is 2. The SMILES string of the molecule is COc1cccc2c1=C(CC(N)=O)C(=O)N=2. The molecule has 0 saturated heterocycles. The first kappa shape index (κ1) is 10.4. The largest absolute Gasteiger partial charge is 0.496 e. The van der Waals surface area contributed by atoms with Gasteiger partial charge in [0.15, 0.2) is 0 Å². The predicted octanol–water partition coefficient (Wildman–Crippen LogP) is -1.12. The maximum Gasteiger partial charge on any atom is 0.274 e. The maximum atomic E-state index is 11.6. The Bertz CT molecular complexity index is 590. The third-order valence-corrected chi connectivity index (χ3v) is 2.36. The van der Waals surface area contributed by atoms with Crippen molar-refractivity contribution in [3.05, 3.63) is 28.8 Å². The first-order valence-electron chi connectivity index (χ1n) is 4.71. The number of hydrogen-bond acceptors (Lipinski definition) is 3. The minimum absolute atomic E-state index is 0.115. The van der Waals surface area contributed by atoms with E-state index in [4.69, 9.17) is 10.5 Å². The monoisotopic (exact) mass is 218 g/mol. The fourth-order valence-corrected chi connectivity index (χ4v) is 1.71. The summed E-state index contributed by atoms with van der Waals surface area (Å²) in [4.78, 5) is 26.3. The molecule has 0 radical (unpaired) electrons. The molecule has 0 fully saturated rings. The smallest absolute Gasteiger partial charge is 0.274 e. The summed E-state index contributed by atoms with van der Waals surface area (Å²) in [5.41, 5.74) is 5.39. The minimum atomic E-state index is -0.558. The molecule has 1 aromatic carbocycles. The van der Waals surface area contributed by atoms with E-state index in [1.54, 1.807) is 18.2 Å². The molecular weight excluding hydrogens is 208 g/mol. The zero-order valence-electron chi connectivity index (χ0n) is 8.69. The Hall–Kier alpha value is -2.17. The highest BCUT2D eigenvalue weighted by molar-refractivity contribution is 6.19. The van der Waals surface area contributed by atoms with Crippen LogP contribution in [0.1, 0.15) is 6.42 Å². The predicted molar refractivity (Wildman–Crippen MR) is 56.0 cm³/mol. The maximum absolute atomic E-state index is 11.6. The summed E-state index contributed by atoms with van der Waals surface area (Å²) >= 11 is 0. The van der Waals surface area contributed by atoms with Crippen molar-refractivity contribution in [3.8, 4) is 5.75 Å². The van der Waals surface area contributed by atoms with Gasteiger partial charge in [0.1, 0.15) is 5.75 Å². The number of fused-ring (bicyclic) bond motifs is 1. The van der Waals surface area contributed by atoms with Crippen LogP contribution in [0.25, 0.3) is 5.57 Å². The second-order valence-corrected chi connectivity index (χ2v) is 3.39. The summed E-state index contributed by atoms with van der Waals surface area (Å²) in [6.45, 7) is 0. The van der Waals surface area contributed by atoms with Crippen molar-refractivity contribution < 1.29 is 14.3 Å². The van der Waals surface area contributed by atoms with Crippen molar-refractivity contribution in [3.63, 3.8) is 0 Å². The topological polar surface area (TPSA) is 81.8 Å². The lowest BCUT2D eigenvalue weighted by atomic mass is 10.1. The van der Waals surface area contributed by atoms with Crippen LogP contribution in [0.4, 0.5) is 0 Å². The minimum Gasteiger partial charge on any atom is -0.496 e. The highest BCUT2D eigenvalue weighted by atomic mass is 16.5. The van der Waals surface area contributed by atoms with E-state index in [2.05, 4.69) is 4.99 Å². The molecule has 1 aliphatic heterocycles. The van der Waals surface area contributed by atoms with Gasteiger partial charge in [-0.2, -0.15) is 0 Å².